The summed E-state index contributed by atoms with van der Waals surface area (Å²) in [6.07, 6.45) is -0.285. The highest BCUT2D eigenvalue weighted by atomic mass is 16.5. The van der Waals surface area contributed by atoms with Gasteiger partial charge in [0.25, 0.3) is 0 Å². The molecule has 0 saturated heterocycles. The van der Waals surface area contributed by atoms with Gasteiger partial charge in [0.15, 0.2) is 0 Å². The summed E-state index contributed by atoms with van der Waals surface area (Å²) in [5.41, 5.74) is 4.73. The van der Waals surface area contributed by atoms with E-state index in [1.54, 1.807) is 0 Å². The van der Waals surface area contributed by atoms with Crippen molar-refractivity contribution in [2.45, 2.75) is 31.8 Å². The molecule has 9 heavy (non-hydrogen) atoms. The van der Waals surface area contributed by atoms with Gasteiger partial charge in [0.1, 0.15) is 6.10 Å². The lowest BCUT2D eigenvalue weighted by atomic mass is 10.1. The molecule has 0 bridgehead atoms. The quantitative estimate of drug-likeness (QED) is 0.364. The molecule has 0 heterocycles. The van der Waals surface area contributed by atoms with E-state index in [1.807, 2.05) is 6.92 Å². The molecule has 0 radical (unpaired) electrons. The van der Waals surface area contributed by atoms with Crippen molar-refractivity contribution in [3.63, 3.8) is 0 Å². The predicted molar refractivity (Wildman–Crippen MR) is 32.3 cm³/mol. The van der Waals surface area contributed by atoms with Crippen LogP contribution in [0.4, 0.5) is 0 Å². The molecule has 0 aliphatic heterocycles. The third-order valence-corrected chi connectivity index (χ3v) is 1.05. The van der Waals surface area contributed by atoms with Crippen LogP contribution in [0.25, 0.3) is 0 Å². The topological polar surface area (TPSA) is 86.7 Å². The minimum absolute atomic E-state index is 0.295. The van der Waals surface area contributed by atoms with Crippen LogP contribution in [0.2, 0.25) is 0 Å². The fourth-order valence-electron chi connectivity index (χ4n) is 0.486. The molecule has 4 nitrogen and oxygen atoms in total. The zero-order valence-electron chi connectivity index (χ0n) is 5.41. The van der Waals surface area contributed by atoms with E-state index in [9.17, 15) is 0 Å². The van der Waals surface area contributed by atoms with Gasteiger partial charge >= 0.3 is 0 Å². The summed E-state index contributed by atoms with van der Waals surface area (Å²) < 4.78 is 0. The summed E-state index contributed by atoms with van der Waals surface area (Å²) in [5.74, 6) is -2.43. The molecule has 5 N–H and O–H groups in total. The number of rotatable bonds is 3. The second-order valence-corrected chi connectivity index (χ2v) is 2.09. The van der Waals surface area contributed by atoms with Gasteiger partial charge < -0.3 is 15.3 Å². The number of aliphatic hydroxyl groups excluding tert-OH is 1. The van der Waals surface area contributed by atoms with Gasteiger partial charge in [-0.1, -0.05) is 13.3 Å². The average Bonchev–Trinajstić information content (AvgIpc) is 1.64. The van der Waals surface area contributed by atoms with E-state index in [0.29, 0.717) is 12.8 Å². The maximum atomic E-state index is 8.76. The first-order valence-corrected chi connectivity index (χ1v) is 2.90. The Bertz CT molecular complexity index is 78.8. The monoisotopic (exact) mass is 135 g/mol. The third-order valence-electron chi connectivity index (χ3n) is 1.05. The van der Waals surface area contributed by atoms with Gasteiger partial charge in [0, 0.05) is 0 Å². The Balaban J connectivity index is 3.59. The fourth-order valence-corrected chi connectivity index (χ4v) is 0.486. The zero-order valence-corrected chi connectivity index (χ0v) is 5.41. The van der Waals surface area contributed by atoms with Crippen molar-refractivity contribution >= 4 is 0 Å². The highest BCUT2D eigenvalue weighted by molar-refractivity contribution is 4.66. The van der Waals surface area contributed by atoms with Crippen LogP contribution in [0.15, 0.2) is 0 Å². The molecule has 4 heteroatoms. The van der Waals surface area contributed by atoms with Crippen molar-refractivity contribution in [3.8, 4) is 0 Å². The predicted octanol–water partition coefficient (Wildman–Crippen LogP) is -1.26. The van der Waals surface area contributed by atoms with Gasteiger partial charge in [-0.15, -0.1) is 0 Å². The molecule has 0 spiro atoms. The van der Waals surface area contributed by atoms with Gasteiger partial charge in [-0.2, -0.15) is 0 Å². The van der Waals surface area contributed by atoms with E-state index in [4.69, 9.17) is 21.1 Å². The SMILES string of the molecule is CCCC(O)C(N)(O)O. The largest absolute Gasteiger partial charge is 0.386 e. The lowest BCUT2D eigenvalue weighted by molar-refractivity contribution is -0.221. The van der Waals surface area contributed by atoms with Crippen LogP contribution in [0.5, 0.6) is 0 Å². The van der Waals surface area contributed by atoms with Crippen LogP contribution in [-0.2, 0) is 0 Å². The molecule has 0 rings (SSSR count). The summed E-state index contributed by atoms with van der Waals surface area (Å²) in [6, 6.07) is 0. The Hall–Kier alpha value is -0.160. The van der Waals surface area contributed by atoms with Crippen molar-refractivity contribution in [3.05, 3.63) is 0 Å². The van der Waals surface area contributed by atoms with Crippen LogP contribution < -0.4 is 5.73 Å². The van der Waals surface area contributed by atoms with E-state index in [-0.39, 0.29) is 0 Å². The van der Waals surface area contributed by atoms with Crippen LogP contribution in [0.1, 0.15) is 19.8 Å². The first kappa shape index (κ1) is 8.84. The maximum Gasteiger partial charge on any atom is 0.247 e. The van der Waals surface area contributed by atoms with Crippen LogP contribution >= 0.6 is 0 Å². The van der Waals surface area contributed by atoms with Gasteiger partial charge in [-0.3, -0.25) is 5.73 Å². The Morgan fingerprint density at radius 2 is 2.00 bits per heavy atom. The van der Waals surface area contributed by atoms with E-state index in [0.717, 1.165) is 0 Å². The first-order chi connectivity index (χ1) is 3.98. The van der Waals surface area contributed by atoms with Crippen LogP contribution in [0.3, 0.4) is 0 Å². The molecular weight excluding hydrogens is 122 g/mol. The minimum atomic E-state index is -2.43. The highest BCUT2D eigenvalue weighted by Crippen LogP contribution is 2.04. The molecule has 1 atom stereocenters. The number of nitrogens with two attached hydrogens (primary N) is 1. The molecule has 0 amide bonds. The molecule has 0 aromatic rings. The summed E-state index contributed by atoms with van der Waals surface area (Å²) in [7, 11) is 0. The van der Waals surface area contributed by atoms with Gasteiger partial charge in [-0.25, -0.2) is 0 Å². The first-order valence-electron chi connectivity index (χ1n) is 2.90. The number of hydrogen-bond donors (Lipinski definition) is 4. The zero-order chi connectivity index (χ0) is 7.49. The minimum Gasteiger partial charge on any atom is -0.386 e. The van der Waals surface area contributed by atoms with Crippen molar-refractivity contribution in [1.29, 1.82) is 0 Å². The highest BCUT2D eigenvalue weighted by Gasteiger charge is 2.26. The summed E-state index contributed by atoms with van der Waals surface area (Å²) in [4.78, 5) is 0. The molecule has 0 aromatic carbocycles. The van der Waals surface area contributed by atoms with Crippen molar-refractivity contribution in [2.24, 2.45) is 5.73 Å². The second kappa shape index (κ2) is 3.12. The maximum absolute atomic E-state index is 8.76. The Morgan fingerprint density at radius 3 is 2.11 bits per heavy atom. The Morgan fingerprint density at radius 1 is 1.56 bits per heavy atom. The second-order valence-electron chi connectivity index (χ2n) is 2.09. The van der Waals surface area contributed by atoms with Crippen molar-refractivity contribution in [1.82, 2.24) is 0 Å². The van der Waals surface area contributed by atoms with E-state index in [1.165, 1.54) is 0 Å². The Kier molecular flexibility index (Phi) is 3.07. The van der Waals surface area contributed by atoms with Crippen LogP contribution in [0, 0.1) is 0 Å². The van der Waals surface area contributed by atoms with Crippen molar-refractivity contribution in [2.75, 3.05) is 0 Å². The molecule has 0 aliphatic carbocycles. The molecule has 0 aliphatic rings. The standard InChI is InChI=1S/C5H13NO3/c1-2-3-4(7)5(6,8)9/h4,7-9H,2-3,6H2,1H3. The van der Waals surface area contributed by atoms with E-state index < -0.39 is 12.0 Å². The van der Waals surface area contributed by atoms with Gasteiger partial charge in [0.05, 0.1) is 0 Å². The summed E-state index contributed by atoms with van der Waals surface area (Å²) >= 11 is 0. The van der Waals surface area contributed by atoms with Gasteiger partial charge in [-0.05, 0) is 6.42 Å². The average molecular weight is 135 g/mol. The van der Waals surface area contributed by atoms with Gasteiger partial charge in [0.2, 0.25) is 5.91 Å². The van der Waals surface area contributed by atoms with Crippen molar-refractivity contribution < 1.29 is 15.3 Å². The molecule has 56 valence electrons. The molecular formula is C5H13NO3. The third kappa shape index (κ3) is 3.42. The van der Waals surface area contributed by atoms with E-state index >= 15 is 0 Å². The number of aliphatic hydroxyl groups is 3. The Labute approximate surface area is 53.9 Å². The lowest BCUT2D eigenvalue weighted by Crippen LogP contribution is -2.50. The molecule has 1 unspecified atom stereocenters. The lowest BCUT2D eigenvalue weighted by Gasteiger charge is -2.21. The van der Waals surface area contributed by atoms with E-state index in [2.05, 4.69) is 0 Å². The summed E-state index contributed by atoms with van der Waals surface area (Å²) in [5, 5.41) is 25.8. The number of hydrogen-bond acceptors (Lipinski definition) is 4. The normalized spacial score (nSPS) is 15.7. The molecule has 0 aromatic heterocycles. The summed E-state index contributed by atoms with van der Waals surface area (Å²) in [6.45, 7) is 1.81. The molecule has 0 fully saturated rings. The van der Waals surface area contributed by atoms with Crippen LogP contribution in [-0.4, -0.2) is 27.3 Å². The molecule has 0 saturated carbocycles. The fraction of sp³-hybridized carbons (Fsp3) is 1.00. The smallest absolute Gasteiger partial charge is 0.247 e.